The first-order chi connectivity index (χ1) is 7.27. The third-order valence-electron chi connectivity index (χ3n) is 2.55. The van der Waals surface area contributed by atoms with Gasteiger partial charge in [-0.1, -0.05) is 29.3 Å². The minimum Gasteiger partial charge on any atom is -0.492 e. The Bertz CT molecular complexity index is 340. The van der Waals surface area contributed by atoms with Crippen molar-refractivity contribution < 1.29 is 4.74 Å². The van der Waals surface area contributed by atoms with Crippen molar-refractivity contribution in [1.29, 1.82) is 0 Å². The summed E-state index contributed by atoms with van der Waals surface area (Å²) in [4.78, 5) is 0. The molecule has 1 aliphatic heterocycles. The van der Waals surface area contributed by atoms with Crippen molar-refractivity contribution in [2.24, 2.45) is 5.92 Å². The third kappa shape index (κ3) is 3.42. The van der Waals surface area contributed by atoms with Crippen molar-refractivity contribution in [2.45, 2.75) is 6.42 Å². The first kappa shape index (κ1) is 13.9. The van der Waals surface area contributed by atoms with Crippen LogP contribution in [0.25, 0.3) is 0 Å². The summed E-state index contributed by atoms with van der Waals surface area (Å²) in [5.74, 6) is 1.26. The molecule has 1 heterocycles. The maximum Gasteiger partial charge on any atom is 0.139 e. The van der Waals surface area contributed by atoms with Gasteiger partial charge in [-0.05, 0) is 25.1 Å². The van der Waals surface area contributed by atoms with Crippen molar-refractivity contribution in [1.82, 2.24) is 5.32 Å². The Labute approximate surface area is 112 Å². The molecule has 90 valence electrons. The van der Waals surface area contributed by atoms with Crippen LogP contribution < -0.4 is 10.1 Å². The minimum atomic E-state index is 0. The largest absolute Gasteiger partial charge is 0.492 e. The van der Waals surface area contributed by atoms with Gasteiger partial charge in [0.05, 0.1) is 11.6 Å². The second-order valence-corrected chi connectivity index (χ2v) is 4.51. The zero-order valence-corrected chi connectivity index (χ0v) is 11.0. The molecule has 0 bridgehead atoms. The molecule has 1 saturated heterocycles. The van der Waals surface area contributed by atoms with E-state index in [1.54, 1.807) is 6.07 Å². The molecule has 0 radical (unpaired) electrons. The fourth-order valence-electron chi connectivity index (χ4n) is 1.66. The van der Waals surface area contributed by atoms with Crippen LogP contribution in [0.15, 0.2) is 18.2 Å². The van der Waals surface area contributed by atoms with Gasteiger partial charge in [-0.2, -0.15) is 0 Å². The van der Waals surface area contributed by atoms with E-state index >= 15 is 0 Å². The van der Waals surface area contributed by atoms with E-state index < -0.39 is 0 Å². The molecule has 1 N–H and O–H groups in total. The van der Waals surface area contributed by atoms with Crippen LogP contribution in [-0.2, 0) is 0 Å². The van der Waals surface area contributed by atoms with Crippen molar-refractivity contribution in [2.75, 3.05) is 19.7 Å². The Balaban J connectivity index is 0.00000128. The zero-order chi connectivity index (χ0) is 10.7. The van der Waals surface area contributed by atoms with Gasteiger partial charge in [0.15, 0.2) is 0 Å². The second kappa shape index (κ2) is 6.55. The predicted molar refractivity (Wildman–Crippen MR) is 70.2 cm³/mol. The van der Waals surface area contributed by atoms with Gasteiger partial charge < -0.3 is 10.1 Å². The molecule has 0 aliphatic carbocycles. The van der Waals surface area contributed by atoms with Crippen LogP contribution in [0.3, 0.4) is 0 Å². The van der Waals surface area contributed by atoms with Crippen LogP contribution in [0.2, 0.25) is 10.0 Å². The summed E-state index contributed by atoms with van der Waals surface area (Å²) >= 11 is 11.9. The Morgan fingerprint density at radius 3 is 2.88 bits per heavy atom. The van der Waals surface area contributed by atoms with Crippen LogP contribution in [0.1, 0.15) is 6.42 Å². The molecule has 1 unspecified atom stereocenters. The molecule has 2 nitrogen and oxygen atoms in total. The van der Waals surface area contributed by atoms with E-state index in [4.69, 9.17) is 27.9 Å². The Morgan fingerprint density at radius 2 is 2.19 bits per heavy atom. The van der Waals surface area contributed by atoms with Crippen molar-refractivity contribution >= 4 is 35.6 Å². The highest BCUT2D eigenvalue weighted by Gasteiger charge is 2.15. The van der Waals surface area contributed by atoms with Crippen LogP contribution in [0.4, 0.5) is 0 Å². The molecule has 1 aromatic rings. The van der Waals surface area contributed by atoms with Gasteiger partial charge in [-0.25, -0.2) is 0 Å². The lowest BCUT2D eigenvalue weighted by Crippen LogP contribution is -2.15. The average Bonchev–Trinajstić information content (AvgIpc) is 2.73. The third-order valence-corrected chi connectivity index (χ3v) is 3.35. The Kier molecular flexibility index (Phi) is 5.70. The smallest absolute Gasteiger partial charge is 0.139 e. The summed E-state index contributed by atoms with van der Waals surface area (Å²) in [6, 6.07) is 5.45. The molecule has 1 aromatic carbocycles. The van der Waals surface area contributed by atoms with Crippen molar-refractivity contribution in [3.8, 4) is 5.75 Å². The molecule has 0 amide bonds. The molecular weight excluding hydrogens is 268 g/mol. The number of ether oxygens (including phenoxy) is 1. The fraction of sp³-hybridized carbons (Fsp3) is 0.455. The normalized spacial score (nSPS) is 19.2. The average molecular weight is 283 g/mol. The van der Waals surface area contributed by atoms with E-state index in [2.05, 4.69) is 5.32 Å². The zero-order valence-electron chi connectivity index (χ0n) is 8.71. The van der Waals surface area contributed by atoms with E-state index in [9.17, 15) is 0 Å². The lowest BCUT2D eigenvalue weighted by molar-refractivity contribution is 0.260. The quantitative estimate of drug-likeness (QED) is 0.917. The maximum atomic E-state index is 6.01. The van der Waals surface area contributed by atoms with E-state index in [0.29, 0.717) is 28.3 Å². The molecule has 0 spiro atoms. The molecule has 5 heteroatoms. The highest BCUT2D eigenvalue weighted by atomic mass is 35.5. The molecule has 1 aliphatic rings. The molecular formula is C11H14Cl3NO. The number of benzene rings is 1. The van der Waals surface area contributed by atoms with Gasteiger partial charge in [0.1, 0.15) is 10.8 Å². The van der Waals surface area contributed by atoms with Gasteiger partial charge in [-0.3, -0.25) is 0 Å². The summed E-state index contributed by atoms with van der Waals surface area (Å²) in [6.07, 6.45) is 1.16. The highest BCUT2D eigenvalue weighted by molar-refractivity contribution is 6.42. The van der Waals surface area contributed by atoms with Crippen molar-refractivity contribution in [3.63, 3.8) is 0 Å². The van der Waals surface area contributed by atoms with Crippen molar-refractivity contribution in [3.05, 3.63) is 28.2 Å². The summed E-state index contributed by atoms with van der Waals surface area (Å²) in [6.45, 7) is 2.81. The van der Waals surface area contributed by atoms with Crippen LogP contribution >= 0.6 is 35.6 Å². The SMILES string of the molecule is Cl.Clc1cccc(OCC2CCNC2)c1Cl. The second-order valence-electron chi connectivity index (χ2n) is 3.72. The summed E-state index contributed by atoms with van der Waals surface area (Å²) in [5.41, 5.74) is 0. The van der Waals surface area contributed by atoms with Gasteiger partial charge in [-0.15, -0.1) is 12.4 Å². The summed E-state index contributed by atoms with van der Waals surface area (Å²) in [7, 11) is 0. The number of hydrogen-bond acceptors (Lipinski definition) is 2. The van der Waals surface area contributed by atoms with Gasteiger partial charge in [0, 0.05) is 12.5 Å². The summed E-state index contributed by atoms with van der Waals surface area (Å²) in [5, 5.41) is 4.34. The molecule has 2 rings (SSSR count). The van der Waals surface area contributed by atoms with Crippen LogP contribution in [0, 0.1) is 5.92 Å². The topological polar surface area (TPSA) is 21.3 Å². The Morgan fingerprint density at radius 1 is 1.38 bits per heavy atom. The first-order valence-corrected chi connectivity index (χ1v) is 5.80. The molecule has 0 aromatic heterocycles. The van der Waals surface area contributed by atoms with Gasteiger partial charge >= 0.3 is 0 Å². The lowest BCUT2D eigenvalue weighted by Gasteiger charge is -2.12. The van der Waals surface area contributed by atoms with Gasteiger partial charge in [0.2, 0.25) is 0 Å². The maximum absolute atomic E-state index is 6.01. The number of halogens is 3. The summed E-state index contributed by atoms with van der Waals surface area (Å²) < 4.78 is 5.65. The monoisotopic (exact) mass is 281 g/mol. The van der Waals surface area contributed by atoms with E-state index in [0.717, 1.165) is 19.5 Å². The Hall–Kier alpha value is -0.150. The molecule has 0 saturated carbocycles. The van der Waals surface area contributed by atoms with E-state index in [-0.39, 0.29) is 12.4 Å². The lowest BCUT2D eigenvalue weighted by atomic mass is 10.1. The molecule has 1 atom stereocenters. The van der Waals surface area contributed by atoms with E-state index in [1.165, 1.54) is 0 Å². The minimum absolute atomic E-state index is 0. The highest BCUT2D eigenvalue weighted by Crippen LogP contribution is 2.31. The number of rotatable bonds is 3. The fourth-order valence-corrected chi connectivity index (χ4v) is 2.01. The number of hydrogen-bond donors (Lipinski definition) is 1. The predicted octanol–water partition coefficient (Wildman–Crippen LogP) is 3.40. The first-order valence-electron chi connectivity index (χ1n) is 5.05. The van der Waals surface area contributed by atoms with Gasteiger partial charge in [0.25, 0.3) is 0 Å². The molecule has 16 heavy (non-hydrogen) atoms. The number of nitrogens with one attached hydrogen (secondary N) is 1. The standard InChI is InChI=1S/C11H13Cl2NO.ClH/c12-9-2-1-3-10(11(9)13)15-7-8-4-5-14-6-8;/h1-3,8,14H,4-7H2;1H. The molecule has 1 fully saturated rings. The van der Waals surface area contributed by atoms with Crippen LogP contribution in [-0.4, -0.2) is 19.7 Å². The van der Waals surface area contributed by atoms with Crippen LogP contribution in [0.5, 0.6) is 5.75 Å². The van der Waals surface area contributed by atoms with E-state index in [1.807, 2.05) is 12.1 Å².